The molecule has 2 aromatic carbocycles. The fraction of sp³-hybridized carbons (Fsp3) is 0.188. The summed E-state index contributed by atoms with van der Waals surface area (Å²) in [5, 5.41) is 0. The van der Waals surface area contributed by atoms with Crippen LogP contribution < -0.4 is 0 Å². The third kappa shape index (κ3) is 2.62. The highest BCUT2D eigenvalue weighted by molar-refractivity contribution is 5.75. The van der Waals surface area contributed by atoms with Gasteiger partial charge in [-0.1, -0.05) is 36.4 Å². The number of carbonyl (C=O) groups excluding carboxylic acids is 1. The molecule has 0 saturated carbocycles. The van der Waals surface area contributed by atoms with Crippen LogP contribution in [0, 0.1) is 13.8 Å². The highest BCUT2D eigenvalue weighted by Gasteiger charge is 2.03. The predicted molar refractivity (Wildman–Crippen MR) is 70.6 cm³/mol. The SMILES string of the molecule is Cc1cccc(C)c1Cc1cccc(C=O)c1. The molecular weight excluding hydrogens is 208 g/mol. The van der Waals surface area contributed by atoms with Gasteiger partial charge >= 0.3 is 0 Å². The lowest BCUT2D eigenvalue weighted by Gasteiger charge is -2.09. The smallest absolute Gasteiger partial charge is 0.150 e. The number of hydrogen-bond acceptors (Lipinski definition) is 1. The third-order valence-corrected chi connectivity index (χ3v) is 3.11. The van der Waals surface area contributed by atoms with Gasteiger partial charge in [-0.3, -0.25) is 4.79 Å². The molecule has 1 nitrogen and oxygen atoms in total. The molecule has 0 fully saturated rings. The van der Waals surface area contributed by atoms with Crippen molar-refractivity contribution < 1.29 is 4.79 Å². The van der Waals surface area contributed by atoms with Crippen LogP contribution in [0.15, 0.2) is 42.5 Å². The zero-order valence-electron chi connectivity index (χ0n) is 10.2. The van der Waals surface area contributed by atoms with Crippen molar-refractivity contribution >= 4 is 6.29 Å². The van der Waals surface area contributed by atoms with Crippen LogP contribution in [-0.2, 0) is 6.42 Å². The van der Waals surface area contributed by atoms with E-state index in [4.69, 9.17) is 0 Å². The lowest BCUT2D eigenvalue weighted by Crippen LogP contribution is -1.96. The van der Waals surface area contributed by atoms with Crippen molar-refractivity contribution in [2.75, 3.05) is 0 Å². The maximum Gasteiger partial charge on any atom is 0.150 e. The quantitative estimate of drug-likeness (QED) is 0.726. The Bertz CT molecular complexity index is 521. The maximum atomic E-state index is 10.7. The van der Waals surface area contributed by atoms with E-state index in [-0.39, 0.29) is 0 Å². The summed E-state index contributed by atoms with van der Waals surface area (Å²) in [4.78, 5) is 10.7. The van der Waals surface area contributed by atoms with Crippen molar-refractivity contribution in [3.63, 3.8) is 0 Å². The topological polar surface area (TPSA) is 17.1 Å². The Balaban J connectivity index is 2.34. The minimum absolute atomic E-state index is 0.744. The standard InChI is InChI=1S/C16H16O/c1-12-5-3-6-13(2)16(12)10-14-7-4-8-15(9-14)11-17/h3-9,11H,10H2,1-2H3. The Morgan fingerprint density at radius 1 is 1.00 bits per heavy atom. The van der Waals surface area contributed by atoms with Gasteiger partial charge in [0.05, 0.1) is 0 Å². The molecule has 0 aliphatic rings. The van der Waals surface area contributed by atoms with E-state index in [1.807, 2.05) is 18.2 Å². The molecule has 0 saturated heterocycles. The Hall–Kier alpha value is -1.89. The van der Waals surface area contributed by atoms with Crippen molar-refractivity contribution in [1.29, 1.82) is 0 Å². The van der Waals surface area contributed by atoms with E-state index >= 15 is 0 Å². The van der Waals surface area contributed by atoms with Gasteiger partial charge < -0.3 is 0 Å². The van der Waals surface area contributed by atoms with Crippen LogP contribution in [0.2, 0.25) is 0 Å². The lowest BCUT2D eigenvalue weighted by molar-refractivity contribution is 0.112. The van der Waals surface area contributed by atoms with Gasteiger partial charge in [0.2, 0.25) is 0 Å². The molecule has 1 heteroatoms. The van der Waals surface area contributed by atoms with E-state index in [1.165, 1.54) is 22.3 Å². The molecule has 0 heterocycles. The average molecular weight is 224 g/mol. The number of aldehydes is 1. The summed E-state index contributed by atoms with van der Waals surface area (Å²) in [6.07, 6.45) is 1.79. The molecule has 0 aliphatic heterocycles. The summed E-state index contributed by atoms with van der Waals surface area (Å²) >= 11 is 0. The first kappa shape index (κ1) is 11.6. The van der Waals surface area contributed by atoms with Crippen molar-refractivity contribution in [2.45, 2.75) is 20.3 Å². The van der Waals surface area contributed by atoms with Gasteiger partial charge in [-0.15, -0.1) is 0 Å². The molecule has 2 rings (SSSR count). The van der Waals surface area contributed by atoms with Gasteiger partial charge in [-0.25, -0.2) is 0 Å². The second-order valence-electron chi connectivity index (χ2n) is 4.41. The van der Waals surface area contributed by atoms with E-state index < -0.39 is 0 Å². The second-order valence-corrected chi connectivity index (χ2v) is 4.41. The highest BCUT2D eigenvalue weighted by atomic mass is 16.1. The summed E-state index contributed by atoms with van der Waals surface area (Å²) < 4.78 is 0. The van der Waals surface area contributed by atoms with Gasteiger partial charge in [-0.05, 0) is 48.6 Å². The Kier molecular flexibility index (Phi) is 3.38. The molecule has 0 radical (unpaired) electrons. The third-order valence-electron chi connectivity index (χ3n) is 3.11. The predicted octanol–water partition coefficient (Wildman–Crippen LogP) is 3.71. The van der Waals surface area contributed by atoms with E-state index in [9.17, 15) is 4.79 Å². The number of hydrogen-bond donors (Lipinski definition) is 0. The number of carbonyl (C=O) groups is 1. The lowest BCUT2D eigenvalue weighted by atomic mass is 9.95. The number of benzene rings is 2. The zero-order chi connectivity index (χ0) is 12.3. The molecule has 0 atom stereocenters. The van der Waals surface area contributed by atoms with Crippen molar-refractivity contribution in [3.05, 3.63) is 70.3 Å². The van der Waals surface area contributed by atoms with Gasteiger partial charge in [0, 0.05) is 5.56 Å². The van der Waals surface area contributed by atoms with Crippen molar-refractivity contribution in [1.82, 2.24) is 0 Å². The molecule has 0 spiro atoms. The Morgan fingerprint density at radius 2 is 1.65 bits per heavy atom. The van der Waals surface area contributed by atoms with Crippen LogP contribution in [0.3, 0.4) is 0 Å². The first-order valence-electron chi connectivity index (χ1n) is 5.80. The molecule has 0 aromatic heterocycles. The molecule has 0 bridgehead atoms. The van der Waals surface area contributed by atoms with Crippen molar-refractivity contribution in [2.24, 2.45) is 0 Å². The summed E-state index contributed by atoms with van der Waals surface area (Å²) in [7, 11) is 0. The fourth-order valence-corrected chi connectivity index (χ4v) is 2.11. The Morgan fingerprint density at radius 3 is 2.29 bits per heavy atom. The average Bonchev–Trinajstić information content (AvgIpc) is 2.34. The molecular formula is C16H16O. The van der Waals surface area contributed by atoms with Gasteiger partial charge in [0.25, 0.3) is 0 Å². The summed E-state index contributed by atoms with van der Waals surface area (Å²) in [6.45, 7) is 4.26. The molecule has 0 unspecified atom stereocenters. The largest absolute Gasteiger partial charge is 0.298 e. The van der Waals surface area contributed by atoms with Crippen LogP contribution in [0.1, 0.15) is 32.6 Å². The highest BCUT2D eigenvalue weighted by Crippen LogP contribution is 2.18. The van der Waals surface area contributed by atoms with Crippen LogP contribution in [0.5, 0.6) is 0 Å². The summed E-state index contributed by atoms with van der Waals surface area (Å²) in [5.41, 5.74) is 5.90. The first-order valence-corrected chi connectivity index (χ1v) is 5.80. The number of aryl methyl sites for hydroxylation is 2. The monoisotopic (exact) mass is 224 g/mol. The first-order chi connectivity index (χ1) is 8.20. The van der Waals surface area contributed by atoms with Gasteiger partial charge in [0.15, 0.2) is 0 Å². The van der Waals surface area contributed by atoms with Crippen LogP contribution >= 0.6 is 0 Å². The minimum Gasteiger partial charge on any atom is -0.298 e. The van der Waals surface area contributed by atoms with Crippen molar-refractivity contribution in [3.8, 4) is 0 Å². The van der Waals surface area contributed by atoms with Gasteiger partial charge in [-0.2, -0.15) is 0 Å². The molecule has 0 aliphatic carbocycles. The van der Waals surface area contributed by atoms with E-state index in [0.717, 1.165) is 18.3 Å². The minimum atomic E-state index is 0.744. The molecule has 86 valence electrons. The molecule has 0 amide bonds. The summed E-state index contributed by atoms with van der Waals surface area (Å²) in [5.74, 6) is 0. The van der Waals surface area contributed by atoms with Crippen LogP contribution in [0.25, 0.3) is 0 Å². The summed E-state index contributed by atoms with van der Waals surface area (Å²) in [6, 6.07) is 14.1. The Labute approximate surface area is 102 Å². The molecule has 2 aromatic rings. The van der Waals surface area contributed by atoms with E-state index in [0.29, 0.717) is 0 Å². The maximum absolute atomic E-state index is 10.7. The molecule has 0 N–H and O–H groups in total. The van der Waals surface area contributed by atoms with E-state index in [2.05, 4.69) is 38.1 Å². The van der Waals surface area contributed by atoms with E-state index in [1.54, 1.807) is 0 Å². The second kappa shape index (κ2) is 4.96. The van der Waals surface area contributed by atoms with Crippen LogP contribution in [0.4, 0.5) is 0 Å². The van der Waals surface area contributed by atoms with Crippen LogP contribution in [-0.4, -0.2) is 6.29 Å². The fourth-order valence-electron chi connectivity index (χ4n) is 2.11. The normalized spacial score (nSPS) is 10.2. The van der Waals surface area contributed by atoms with Gasteiger partial charge in [0.1, 0.15) is 6.29 Å². The molecule has 17 heavy (non-hydrogen) atoms. The zero-order valence-corrected chi connectivity index (χ0v) is 10.2. The number of rotatable bonds is 3.